The second kappa shape index (κ2) is 7.83. The van der Waals surface area contributed by atoms with E-state index in [0.717, 1.165) is 18.3 Å². The van der Waals surface area contributed by atoms with Crippen LogP contribution in [0.15, 0.2) is 36.5 Å². The van der Waals surface area contributed by atoms with Crippen molar-refractivity contribution in [2.24, 2.45) is 0 Å². The van der Waals surface area contributed by atoms with Gasteiger partial charge in [-0.2, -0.15) is 13.2 Å². The average molecular weight is 397 g/mol. The lowest BCUT2D eigenvalue weighted by Gasteiger charge is -2.38. The minimum atomic E-state index is -4.47. The van der Waals surface area contributed by atoms with Gasteiger partial charge in [0.25, 0.3) is 0 Å². The Bertz CT molecular complexity index is 854. The molecule has 0 atom stereocenters. The molecule has 28 heavy (non-hydrogen) atoms. The number of carbonyl (C=O) groups excluding carboxylic acids is 1. The Kier molecular flexibility index (Phi) is 5.48. The van der Waals surface area contributed by atoms with Crippen LogP contribution < -0.4 is 19.5 Å². The number of carbonyl (C=O) groups is 1. The summed E-state index contributed by atoms with van der Waals surface area (Å²) >= 11 is 0. The van der Waals surface area contributed by atoms with E-state index in [4.69, 9.17) is 14.2 Å². The first kappa shape index (κ1) is 19.6. The highest BCUT2D eigenvalue weighted by Crippen LogP contribution is 2.35. The number of methoxy groups -OCH3 is 2. The van der Waals surface area contributed by atoms with Crippen molar-refractivity contribution in [2.75, 3.05) is 32.6 Å². The highest BCUT2D eigenvalue weighted by molar-refractivity contribution is 5.92. The van der Waals surface area contributed by atoms with Crippen molar-refractivity contribution >= 4 is 11.7 Å². The summed E-state index contributed by atoms with van der Waals surface area (Å²) in [6, 6.07) is 6.39. The molecule has 150 valence electrons. The number of amides is 2. The first-order valence-corrected chi connectivity index (χ1v) is 8.28. The number of alkyl halides is 3. The quantitative estimate of drug-likeness (QED) is 0.837. The van der Waals surface area contributed by atoms with E-state index in [0.29, 0.717) is 17.2 Å². The van der Waals surface area contributed by atoms with Crippen LogP contribution in [0.1, 0.15) is 5.56 Å². The van der Waals surface area contributed by atoms with Crippen LogP contribution in [0.25, 0.3) is 0 Å². The van der Waals surface area contributed by atoms with Crippen LogP contribution in [0, 0.1) is 0 Å². The van der Waals surface area contributed by atoms with E-state index in [9.17, 15) is 18.0 Å². The Balaban J connectivity index is 1.57. The molecule has 1 aromatic carbocycles. The molecular formula is C18H18F3N3O4. The summed E-state index contributed by atoms with van der Waals surface area (Å²) in [7, 11) is 2.95. The number of nitrogens with zero attached hydrogens (tertiary/aromatic N) is 2. The molecule has 2 heterocycles. The van der Waals surface area contributed by atoms with Crippen molar-refractivity contribution in [1.29, 1.82) is 0 Å². The van der Waals surface area contributed by atoms with E-state index >= 15 is 0 Å². The van der Waals surface area contributed by atoms with Gasteiger partial charge >= 0.3 is 12.2 Å². The summed E-state index contributed by atoms with van der Waals surface area (Å²) in [6.45, 7) is 0.437. The van der Waals surface area contributed by atoms with Crippen LogP contribution in [0.5, 0.6) is 17.4 Å². The zero-order valence-corrected chi connectivity index (χ0v) is 15.1. The topological polar surface area (TPSA) is 72.9 Å². The molecular weight excluding hydrogens is 379 g/mol. The smallest absolute Gasteiger partial charge is 0.416 e. The number of aromatic nitrogens is 1. The SMILES string of the molecule is COc1cccc(NC(=O)N2CC(Oc3cc(C(F)(F)F)ccn3)C2)c1OC. The van der Waals surface area contributed by atoms with Crippen molar-refractivity contribution in [2.45, 2.75) is 12.3 Å². The number of anilines is 1. The molecule has 1 aliphatic rings. The highest BCUT2D eigenvalue weighted by atomic mass is 19.4. The molecule has 0 aliphatic carbocycles. The van der Waals surface area contributed by atoms with Crippen molar-refractivity contribution in [3.05, 3.63) is 42.1 Å². The van der Waals surface area contributed by atoms with Crippen LogP contribution in [-0.4, -0.2) is 49.3 Å². The van der Waals surface area contributed by atoms with Gasteiger partial charge in [0, 0.05) is 12.3 Å². The minimum Gasteiger partial charge on any atom is -0.493 e. The summed E-state index contributed by atoms with van der Waals surface area (Å²) in [5.74, 6) is 0.731. The van der Waals surface area contributed by atoms with E-state index in [1.54, 1.807) is 18.2 Å². The first-order valence-electron chi connectivity index (χ1n) is 8.28. The van der Waals surface area contributed by atoms with E-state index in [2.05, 4.69) is 10.3 Å². The molecule has 0 spiro atoms. The van der Waals surface area contributed by atoms with E-state index in [1.165, 1.54) is 19.1 Å². The van der Waals surface area contributed by atoms with Gasteiger partial charge in [-0.3, -0.25) is 0 Å². The molecule has 10 heteroatoms. The van der Waals surface area contributed by atoms with Crippen LogP contribution in [0.3, 0.4) is 0 Å². The third-order valence-electron chi connectivity index (χ3n) is 4.13. The second-order valence-corrected chi connectivity index (χ2v) is 6.00. The number of halogens is 3. The fourth-order valence-corrected chi connectivity index (χ4v) is 2.68. The predicted molar refractivity (Wildman–Crippen MR) is 93.8 cm³/mol. The molecule has 1 saturated heterocycles. The van der Waals surface area contributed by atoms with E-state index < -0.39 is 17.8 Å². The molecule has 0 radical (unpaired) electrons. The molecule has 2 amide bonds. The largest absolute Gasteiger partial charge is 0.493 e. The van der Waals surface area contributed by atoms with Gasteiger partial charge < -0.3 is 24.4 Å². The number of para-hydroxylation sites is 1. The Hall–Kier alpha value is -3.17. The number of likely N-dealkylation sites (tertiary alicyclic amines) is 1. The van der Waals surface area contributed by atoms with Gasteiger partial charge in [0.2, 0.25) is 5.88 Å². The zero-order chi connectivity index (χ0) is 20.3. The van der Waals surface area contributed by atoms with Crippen molar-refractivity contribution in [3.8, 4) is 17.4 Å². The molecule has 1 N–H and O–H groups in total. The molecule has 0 saturated carbocycles. The third-order valence-corrected chi connectivity index (χ3v) is 4.13. The van der Waals surface area contributed by atoms with Gasteiger partial charge in [-0.15, -0.1) is 0 Å². The summed E-state index contributed by atoms with van der Waals surface area (Å²) < 4.78 is 54.0. The van der Waals surface area contributed by atoms with Crippen LogP contribution in [0.4, 0.5) is 23.7 Å². The highest BCUT2D eigenvalue weighted by Gasteiger charge is 2.34. The van der Waals surface area contributed by atoms with Gasteiger partial charge in [0.05, 0.1) is 38.6 Å². The molecule has 0 unspecified atom stereocenters. The lowest BCUT2D eigenvalue weighted by molar-refractivity contribution is -0.137. The molecule has 3 rings (SSSR count). The van der Waals surface area contributed by atoms with Gasteiger partial charge in [-0.25, -0.2) is 9.78 Å². The molecule has 1 aromatic heterocycles. The fourth-order valence-electron chi connectivity index (χ4n) is 2.68. The summed E-state index contributed by atoms with van der Waals surface area (Å²) in [5.41, 5.74) is -0.396. The summed E-state index contributed by atoms with van der Waals surface area (Å²) in [6.07, 6.45) is -3.87. The molecule has 1 aliphatic heterocycles. The normalized spacial score (nSPS) is 14.2. The minimum absolute atomic E-state index is 0.130. The number of benzene rings is 1. The molecule has 1 fully saturated rings. The Labute approximate surface area is 159 Å². The lowest BCUT2D eigenvalue weighted by atomic mass is 10.2. The number of ether oxygens (including phenoxy) is 3. The zero-order valence-electron chi connectivity index (χ0n) is 15.1. The van der Waals surface area contributed by atoms with Crippen molar-refractivity contribution < 1.29 is 32.2 Å². The van der Waals surface area contributed by atoms with Gasteiger partial charge in [0.15, 0.2) is 11.5 Å². The predicted octanol–water partition coefficient (Wildman–Crippen LogP) is 3.41. The Morgan fingerprint density at radius 3 is 2.61 bits per heavy atom. The Morgan fingerprint density at radius 1 is 1.21 bits per heavy atom. The maximum atomic E-state index is 12.7. The van der Waals surface area contributed by atoms with Gasteiger partial charge in [-0.1, -0.05) is 6.07 Å². The standard InChI is InChI=1S/C18H18F3N3O4/c1-26-14-5-3-4-13(16(14)27-2)23-17(25)24-9-12(10-24)28-15-8-11(6-7-22-15)18(19,20)21/h3-8,12H,9-10H2,1-2H3,(H,23,25). The number of nitrogens with one attached hydrogen (secondary N) is 1. The van der Waals surface area contributed by atoms with E-state index in [-0.39, 0.29) is 25.0 Å². The molecule has 2 aromatic rings. The number of urea groups is 1. The Morgan fingerprint density at radius 2 is 1.96 bits per heavy atom. The number of hydrogen-bond donors (Lipinski definition) is 1. The third kappa shape index (κ3) is 4.21. The maximum Gasteiger partial charge on any atom is 0.416 e. The van der Waals surface area contributed by atoms with Crippen LogP contribution in [-0.2, 0) is 6.18 Å². The van der Waals surface area contributed by atoms with Crippen LogP contribution in [0.2, 0.25) is 0 Å². The van der Waals surface area contributed by atoms with Gasteiger partial charge in [0.1, 0.15) is 6.10 Å². The van der Waals surface area contributed by atoms with Gasteiger partial charge in [-0.05, 0) is 18.2 Å². The molecule has 7 nitrogen and oxygen atoms in total. The first-order chi connectivity index (χ1) is 13.3. The number of pyridine rings is 1. The lowest BCUT2D eigenvalue weighted by Crippen LogP contribution is -2.57. The second-order valence-electron chi connectivity index (χ2n) is 6.00. The summed E-state index contributed by atoms with van der Waals surface area (Å²) in [5, 5.41) is 2.71. The molecule has 0 bridgehead atoms. The van der Waals surface area contributed by atoms with E-state index in [1.807, 2.05) is 0 Å². The number of hydrogen-bond acceptors (Lipinski definition) is 5. The van der Waals surface area contributed by atoms with Crippen LogP contribution >= 0.6 is 0 Å². The van der Waals surface area contributed by atoms with Crippen molar-refractivity contribution in [3.63, 3.8) is 0 Å². The maximum absolute atomic E-state index is 12.7. The monoisotopic (exact) mass is 397 g/mol. The number of rotatable bonds is 5. The average Bonchev–Trinajstić information content (AvgIpc) is 2.63. The fraction of sp³-hybridized carbons (Fsp3) is 0.333. The summed E-state index contributed by atoms with van der Waals surface area (Å²) in [4.78, 5) is 17.6. The van der Waals surface area contributed by atoms with Crippen molar-refractivity contribution in [1.82, 2.24) is 9.88 Å².